The molecule has 0 spiro atoms. The van der Waals surface area contributed by atoms with Crippen LogP contribution in [0.5, 0.6) is 5.75 Å². The second-order valence-electron chi connectivity index (χ2n) is 4.93. The molecule has 0 atom stereocenters. The van der Waals surface area contributed by atoms with E-state index in [0.29, 0.717) is 0 Å². The van der Waals surface area contributed by atoms with E-state index in [2.05, 4.69) is 10.6 Å². The molecule has 0 bridgehead atoms. The third-order valence-corrected chi connectivity index (χ3v) is 3.51. The first-order valence-corrected chi connectivity index (χ1v) is 7.33. The fourth-order valence-electron chi connectivity index (χ4n) is 1.74. The summed E-state index contributed by atoms with van der Waals surface area (Å²) in [5.41, 5.74) is -0.364. The zero-order valence-corrected chi connectivity index (χ0v) is 13.3. The number of phenolic OH excluding ortho intramolecular Hbond substituents is 1. The van der Waals surface area contributed by atoms with Gasteiger partial charge in [-0.2, -0.15) is 0 Å². The van der Waals surface area contributed by atoms with E-state index in [4.69, 9.17) is 32.0 Å². The maximum Gasteiger partial charge on any atom is 0.253 e. The first kappa shape index (κ1) is 20.1. The van der Waals surface area contributed by atoms with Crippen LogP contribution < -0.4 is 10.6 Å². The van der Waals surface area contributed by atoms with Crippen LogP contribution in [0, 0.1) is 0 Å². The lowest BCUT2D eigenvalue weighted by atomic mass is 10.1. The lowest BCUT2D eigenvalue weighted by Gasteiger charge is -2.16. The van der Waals surface area contributed by atoms with Crippen molar-refractivity contribution < 1.29 is 35.1 Å². The van der Waals surface area contributed by atoms with E-state index in [-0.39, 0.29) is 16.1 Å². The molecule has 1 rings (SSSR count). The molecule has 7 N–H and O–H groups in total. The molecular weight excluding hydrogens is 344 g/mol. The van der Waals surface area contributed by atoms with Crippen LogP contribution in [0.15, 0.2) is 12.1 Å². The molecule has 134 valence electrons. The van der Waals surface area contributed by atoms with Crippen molar-refractivity contribution in [1.29, 1.82) is 0 Å². The van der Waals surface area contributed by atoms with Crippen molar-refractivity contribution >= 4 is 23.4 Å². The van der Waals surface area contributed by atoms with Crippen molar-refractivity contribution in [3.8, 4) is 5.75 Å². The van der Waals surface area contributed by atoms with E-state index in [0.717, 1.165) is 12.1 Å². The van der Waals surface area contributed by atoms with E-state index in [1.54, 1.807) is 0 Å². The Morgan fingerprint density at radius 1 is 0.917 bits per heavy atom. The smallest absolute Gasteiger partial charge is 0.253 e. The van der Waals surface area contributed by atoms with E-state index in [1.807, 2.05) is 0 Å². The molecule has 0 aliphatic heterocycles. The monoisotopic (exact) mass is 362 g/mol. The highest BCUT2D eigenvalue weighted by Gasteiger charge is 2.21. The maximum atomic E-state index is 12.1. The van der Waals surface area contributed by atoms with Gasteiger partial charge in [0.15, 0.2) is 0 Å². The van der Waals surface area contributed by atoms with Crippen LogP contribution in [0.25, 0.3) is 0 Å². The predicted molar refractivity (Wildman–Crippen MR) is 84.0 cm³/mol. The molecule has 0 unspecified atom stereocenters. The summed E-state index contributed by atoms with van der Waals surface area (Å²) in [4.78, 5) is 24.2. The van der Waals surface area contributed by atoms with Crippen molar-refractivity contribution in [1.82, 2.24) is 10.6 Å². The largest absolute Gasteiger partial charge is 0.506 e. The Morgan fingerprint density at radius 2 is 1.38 bits per heavy atom. The molecule has 1 aromatic carbocycles. The molecule has 0 heterocycles. The van der Waals surface area contributed by atoms with Crippen LogP contribution in [0.3, 0.4) is 0 Å². The molecule has 0 aromatic heterocycles. The molecule has 0 radical (unpaired) electrons. The zero-order chi connectivity index (χ0) is 18.3. The van der Waals surface area contributed by atoms with Crippen LogP contribution in [0.1, 0.15) is 20.7 Å². The standard InChI is InChI=1S/C14H19ClN2O7/c15-12-10(14(24)17-9(5-20)6-21)1-7(2-11(12)22)13(23)16-8(3-18)4-19/h1-2,8-9,18-22H,3-6H2,(H,16,23)(H,17,24). The van der Waals surface area contributed by atoms with Gasteiger partial charge < -0.3 is 36.2 Å². The predicted octanol–water partition coefficient (Wildman–Crippen LogP) is -1.79. The number of phenols is 1. The Hall–Kier alpha value is -1.91. The van der Waals surface area contributed by atoms with Gasteiger partial charge in [0.2, 0.25) is 0 Å². The summed E-state index contributed by atoms with van der Waals surface area (Å²) < 4.78 is 0. The summed E-state index contributed by atoms with van der Waals surface area (Å²) in [5, 5.41) is 49.9. The SMILES string of the molecule is O=C(NC(CO)CO)c1cc(O)c(Cl)c(C(=O)NC(CO)CO)c1. The van der Waals surface area contributed by atoms with Gasteiger partial charge in [0.25, 0.3) is 11.8 Å². The number of aromatic hydroxyl groups is 1. The van der Waals surface area contributed by atoms with Gasteiger partial charge in [-0.05, 0) is 12.1 Å². The zero-order valence-electron chi connectivity index (χ0n) is 12.6. The molecule has 0 aliphatic rings. The minimum absolute atomic E-state index is 0.126. The van der Waals surface area contributed by atoms with Crippen LogP contribution in [0.4, 0.5) is 0 Å². The van der Waals surface area contributed by atoms with E-state index in [9.17, 15) is 14.7 Å². The molecule has 1 aromatic rings. The maximum absolute atomic E-state index is 12.1. The molecule has 10 heteroatoms. The van der Waals surface area contributed by atoms with Gasteiger partial charge in [-0.1, -0.05) is 11.6 Å². The molecule has 0 fully saturated rings. The van der Waals surface area contributed by atoms with Crippen molar-refractivity contribution in [2.75, 3.05) is 26.4 Å². The van der Waals surface area contributed by atoms with E-state index < -0.39 is 56.1 Å². The number of carbonyl (C=O) groups excluding carboxylic acids is 2. The number of aliphatic hydroxyl groups excluding tert-OH is 4. The second-order valence-corrected chi connectivity index (χ2v) is 5.31. The van der Waals surface area contributed by atoms with Crippen LogP contribution in [-0.2, 0) is 0 Å². The number of hydrogen-bond donors (Lipinski definition) is 7. The molecule has 9 nitrogen and oxygen atoms in total. The number of aliphatic hydroxyl groups is 4. The molecule has 24 heavy (non-hydrogen) atoms. The van der Waals surface area contributed by atoms with Crippen LogP contribution in [-0.4, -0.2) is 75.9 Å². The molecular formula is C14H19ClN2O7. The van der Waals surface area contributed by atoms with Gasteiger partial charge >= 0.3 is 0 Å². The Morgan fingerprint density at radius 3 is 1.83 bits per heavy atom. The number of benzene rings is 1. The van der Waals surface area contributed by atoms with E-state index in [1.165, 1.54) is 0 Å². The minimum atomic E-state index is -0.929. The van der Waals surface area contributed by atoms with Crippen LogP contribution >= 0.6 is 11.6 Å². The highest BCUT2D eigenvalue weighted by atomic mass is 35.5. The Kier molecular flexibility index (Phi) is 7.89. The van der Waals surface area contributed by atoms with Crippen molar-refractivity contribution in [3.63, 3.8) is 0 Å². The topological polar surface area (TPSA) is 159 Å². The van der Waals surface area contributed by atoms with Crippen LogP contribution in [0.2, 0.25) is 5.02 Å². The number of nitrogens with one attached hydrogen (secondary N) is 2. The number of halogens is 1. The number of amides is 2. The van der Waals surface area contributed by atoms with E-state index >= 15 is 0 Å². The highest BCUT2D eigenvalue weighted by Crippen LogP contribution is 2.29. The Bertz CT molecular complexity index is 589. The van der Waals surface area contributed by atoms with Gasteiger partial charge in [0.1, 0.15) is 5.75 Å². The van der Waals surface area contributed by atoms with Crippen molar-refractivity contribution in [2.45, 2.75) is 12.1 Å². The van der Waals surface area contributed by atoms with Crippen molar-refractivity contribution in [2.24, 2.45) is 0 Å². The summed E-state index contributed by atoms with van der Waals surface area (Å²) in [6.07, 6.45) is 0. The van der Waals surface area contributed by atoms with Crippen molar-refractivity contribution in [3.05, 3.63) is 28.3 Å². The number of carbonyl (C=O) groups is 2. The molecule has 0 aliphatic carbocycles. The van der Waals surface area contributed by atoms with Gasteiger partial charge in [-0.3, -0.25) is 9.59 Å². The first-order valence-electron chi connectivity index (χ1n) is 6.95. The van der Waals surface area contributed by atoms with Gasteiger partial charge in [0.05, 0.1) is 49.1 Å². The fourth-order valence-corrected chi connectivity index (χ4v) is 1.93. The molecule has 0 saturated heterocycles. The second kappa shape index (κ2) is 9.40. The summed E-state index contributed by atoms with van der Waals surface area (Å²) >= 11 is 5.85. The molecule has 2 amide bonds. The number of rotatable bonds is 8. The first-order chi connectivity index (χ1) is 11.4. The van der Waals surface area contributed by atoms with Gasteiger partial charge in [0, 0.05) is 5.56 Å². The lowest BCUT2D eigenvalue weighted by molar-refractivity contribution is 0.0876. The quantitative estimate of drug-likeness (QED) is 0.287. The summed E-state index contributed by atoms with van der Waals surface area (Å²) in [6, 6.07) is 0.294. The third kappa shape index (κ3) is 5.05. The van der Waals surface area contributed by atoms with Gasteiger partial charge in [-0.25, -0.2) is 0 Å². The third-order valence-electron chi connectivity index (χ3n) is 3.11. The summed E-state index contributed by atoms with van der Waals surface area (Å²) in [5.74, 6) is -2.08. The van der Waals surface area contributed by atoms with Gasteiger partial charge in [-0.15, -0.1) is 0 Å². The Balaban J connectivity index is 3.08. The summed E-state index contributed by atoms with van der Waals surface area (Å²) in [6.45, 7) is -2.02. The minimum Gasteiger partial charge on any atom is -0.506 e. The average molecular weight is 363 g/mol. The normalized spacial score (nSPS) is 11.0. The number of hydrogen-bond acceptors (Lipinski definition) is 7. The molecule has 0 saturated carbocycles. The summed E-state index contributed by atoms with van der Waals surface area (Å²) in [7, 11) is 0. The fraction of sp³-hybridized carbons (Fsp3) is 0.429. The average Bonchev–Trinajstić information content (AvgIpc) is 2.59. The Labute approximate surface area is 142 Å². The highest BCUT2D eigenvalue weighted by molar-refractivity contribution is 6.35. The lowest BCUT2D eigenvalue weighted by Crippen LogP contribution is -2.41.